The molecule has 48 heavy (non-hydrogen) atoms. The fraction of sp³-hybridized carbons (Fsp3) is 0. The van der Waals surface area contributed by atoms with Gasteiger partial charge in [-0.25, -0.2) is 9.97 Å². The molecule has 3 aromatic heterocycles. The number of fused-ring (bicyclic) bond motifs is 7. The van der Waals surface area contributed by atoms with Crippen LogP contribution in [0.3, 0.4) is 0 Å². The van der Waals surface area contributed by atoms with E-state index in [2.05, 4.69) is 9.97 Å². The van der Waals surface area contributed by atoms with Gasteiger partial charge in [-0.3, -0.25) is 0 Å². The molecular weight excluding hydrogens is 605 g/mol. The number of hydrogen-bond acceptors (Lipinski definition) is 4. The largest absolute Gasteiger partial charge is 0.452 e. The van der Waals surface area contributed by atoms with Gasteiger partial charge in [0.25, 0.3) is 0 Å². The third-order valence-corrected chi connectivity index (χ3v) is 8.89. The first-order valence-electron chi connectivity index (χ1n) is 24.8. The monoisotopic (exact) mass is 651 g/mol. The topological polar surface area (TPSA) is 38.9 Å². The molecule has 0 aliphatic heterocycles. The third-order valence-electron chi connectivity index (χ3n) is 7.77. The fourth-order valence-corrected chi connectivity index (χ4v) is 6.65. The number of benzene rings is 7. The van der Waals surface area contributed by atoms with Gasteiger partial charge in [-0.15, -0.1) is 11.3 Å². The predicted molar refractivity (Wildman–Crippen MR) is 201 cm³/mol. The number of thiophene rings is 1. The first-order chi connectivity index (χ1) is 32.5. The zero-order chi connectivity index (χ0) is 49.9. The van der Waals surface area contributed by atoms with Crippen molar-refractivity contribution < 1.29 is 33.2 Å². The molecule has 224 valence electrons. The van der Waals surface area contributed by atoms with Crippen LogP contribution in [0.2, 0.25) is 0 Å². The molecule has 0 spiro atoms. The van der Waals surface area contributed by atoms with E-state index in [1.165, 1.54) is 18.2 Å². The van der Waals surface area contributed by atoms with Crippen LogP contribution in [0, 0.1) is 0 Å². The van der Waals surface area contributed by atoms with Gasteiger partial charge in [0.2, 0.25) is 0 Å². The molecule has 0 saturated carbocycles. The molecule has 0 atom stereocenters. The smallest absolute Gasteiger partial charge is 0.180 e. The molecule has 0 bridgehead atoms. The van der Waals surface area contributed by atoms with Crippen LogP contribution in [0.4, 0.5) is 0 Å². The lowest BCUT2D eigenvalue weighted by Gasteiger charge is -2.09. The molecule has 0 fully saturated rings. The molecule has 4 heteroatoms. The lowest BCUT2D eigenvalue weighted by Crippen LogP contribution is -1.88. The Morgan fingerprint density at radius 1 is 0.562 bits per heavy atom. The van der Waals surface area contributed by atoms with E-state index in [0.717, 1.165) is 23.7 Å². The zero-order valence-corrected chi connectivity index (χ0v) is 24.9. The molecule has 7 aromatic carbocycles. The van der Waals surface area contributed by atoms with Crippen LogP contribution in [-0.4, -0.2) is 9.97 Å². The Morgan fingerprint density at radius 3 is 2.31 bits per heavy atom. The summed E-state index contributed by atoms with van der Waals surface area (Å²) in [7, 11) is 0. The SMILES string of the molecule is [2H]c1cc([2H])c(-c2c([2H])c([2H])c([2H])c3c2sc2c([2H])c([2H])c([2H])c([2H])c23)c([2H])c1-c1c([2H])c([2H])c([2H])c(-c2ncnc3c2oc2ccc(-c4c([2H])c([2H])c5c([2H])c([2H])c([2H])c([2H])c5c4[2H])cc23)c1[2H]. The molecule has 3 heterocycles. The molecule has 0 radical (unpaired) electrons. The van der Waals surface area contributed by atoms with E-state index in [1.54, 1.807) is 0 Å². The Morgan fingerprint density at radius 2 is 1.33 bits per heavy atom. The van der Waals surface area contributed by atoms with Crippen molar-refractivity contribution in [1.82, 2.24) is 9.97 Å². The maximum absolute atomic E-state index is 9.55. The van der Waals surface area contributed by atoms with Gasteiger partial charge in [-0.1, -0.05) is 115 Å². The molecule has 0 aliphatic rings. The van der Waals surface area contributed by atoms with Gasteiger partial charge in [-0.2, -0.15) is 0 Å². The normalized spacial score (nSPS) is 17.9. The van der Waals surface area contributed by atoms with E-state index < -0.39 is 138 Å². The zero-order valence-electron chi connectivity index (χ0n) is 45.1. The van der Waals surface area contributed by atoms with E-state index in [0.29, 0.717) is 0 Å². The first kappa shape index (κ1) is 13.6. The highest BCUT2D eigenvalue weighted by Crippen LogP contribution is 2.41. The molecular formula is C44H26N2OS. The van der Waals surface area contributed by atoms with E-state index in [9.17, 15) is 2.74 Å². The molecule has 3 nitrogen and oxygen atoms in total. The Kier molecular flexibility index (Phi) is 3.03. The van der Waals surface area contributed by atoms with Crippen LogP contribution < -0.4 is 0 Å². The molecule has 0 saturated heterocycles. The van der Waals surface area contributed by atoms with Crippen molar-refractivity contribution in [3.05, 3.63) is 157 Å². The van der Waals surface area contributed by atoms with E-state index in [-0.39, 0.29) is 86.5 Å². The highest BCUT2D eigenvalue weighted by molar-refractivity contribution is 7.26. The summed E-state index contributed by atoms with van der Waals surface area (Å²) in [5.74, 6) is 0. The average molecular weight is 652 g/mol. The van der Waals surface area contributed by atoms with Crippen molar-refractivity contribution in [2.45, 2.75) is 0 Å². The Hall–Kier alpha value is -6.10. The number of rotatable bonds is 4. The summed E-state index contributed by atoms with van der Waals surface area (Å²) >= 11 is 0.768. The van der Waals surface area contributed by atoms with Crippen LogP contribution >= 0.6 is 11.3 Å². The highest BCUT2D eigenvalue weighted by Gasteiger charge is 2.17. The van der Waals surface area contributed by atoms with Crippen molar-refractivity contribution in [2.75, 3.05) is 0 Å². The van der Waals surface area contributed by atoms with Crippen LogP contribution in [0.15, 0.2) is 162 Å². The van der Waals surface area contributed by atoms with E-state index in [4.69, 9.17) is 30.5 Å². The minimum Gasteiger partial charge on any atom is -0.452 e. The number of hydrogen-bond donors (Lipinski definition) is 0. The van der Waals surface area contributed by atoms with Gasteiger partial charge < -0.3 is 4.42 Å². The summed E-state index contributed by atoms with van der Waals surface area (Å²) in [5, 5.41) is -0.493. The van der Waals surface area contributed by atoms with Gasteiger partial charge in [0, 0.05) is 31.1 Å². The van der Waals surface area contributed by atoms with Crippen molar-refractivity contribution in [1.29, 1.82) is 0 Å². The van der Waals surface area contributed by atoms with E-state index in [1.807, 2.05) is 0 Å². The van der Waals surface area contributed by atoms with Crippen LogP contribution in [-0.2, 0) is 0 Å². The van der Waals surface area contributed by atoms with Crippen molar-refractivity contribution >= 4 is 64.4 Å². The summed E-state index contributed by atoms with van der Waals surface area (Å²) < 4.78 is 190. The van der Waals surface area contributed by atoms with Crippen LogP contribution in [0.1, 0.15) is 28.8 Å². The second-order valence-corrected chi connectivity index (χ2v) is 11.6. The Balaban J connectivity index is 1.20. The average Bonchev–Trinajstić information content (AvgIpc) is 3.90. The molecule has 10 aromatic rings. The highest BCUT2D eigenvalue weighted by atomic mass is 32.1. The van der Waals surface area contributed by atoms with Gasteiger partial charge in [-0.05, 0) is 80.5 Å². The molecule has 0 unspecified atom stereocenters. The van der Waals surface area contributed by atoms with Crippen LogP contribution in [0.5, 0.6) is 0 Å². The van der Waals surface area contributed by atoms with Crippen molar-refractivity contribution in [3.63, 3.8) is 0 Å². The van der Waals surface area contributed by atoms with E-state index >= 15 is 0 Å². The molecule has 10 rings (SSSR count). The maximum Gasteiger partial charge on any atom is 0.180 e. The Bertz CT molecular complexity index is 4050. The van der Waals surface area contributed by atoms with Crippen molar-refractivity contribution in [2.24, 2.45) is 0 Å². The molecule has 0 amide bonds. The standard InChI is InChI=1S/C44H26N2OS/c1-2-9-28-22-31(19-18-27(28)8-1)32-20-21-39-38(25-32)42-43(47-39)41(45-26-46-42)34-13-6-11-30(24-34)29-10-5-12-33(23-29)35-15-7-16-37-36-14-3-4-17-40(36)48-44(35)37/h1-26H/i1D,2D,3D,4D,6D,7D,8D,9D,10D,11D,12D,13D,14D,15D,16D,17D,18D,19D,22D,23D,24D. The summed E-state index contributed by atoms with van der Waals surface area (Å²) in [5.41, 5.74) is -2.10. The summed E-state index contributed by atoms with van der Waals surface area (Å²) in [6, 6.07) is -6.98. The second-order valence-electron chi connectivity index (χ2n) is 10.5. The van der Waals surface area contributed by atoms with Gasteiger partial charge in [0.15, 0.2) is 5.58 Å². The lowest BCUT2D eigenvalue weighted by molar-refractivity contribution is 0.667. The maximum atomic E-state index is 9.55. The Labute approximate surface area is 309 Å². The molecule has 0 aliphatic carbocycles. The summed E-state index contributed by atoms with van der Waals surface area (Å²) in [6.07, 6.45) is 1.08. The number of furan rings is 1. The summed E-state index contributed by atoms with van der Waals surface area (Å²) in [4.78, 5) is 8.72. The minimum atomic E-state index is -0.758. The predicted octanol–water partition coefficient (Wildman–Crippen LogP) is 12.6. The van der Waals surface area contributed by atoms with Gasteiger partial charge in [0.05, 0.1) is 28.8 Å². The quantitative estimate of drug-likeness (QED) is 0.190. The minimum absolute atomic E-state index is 0.00284. The van der Waals surface area contributed by atoms with Crippen molar-refractivity contribution in [3.8, 4) is 44.6 Å². The third kappa shape index (κ3) is 4.34. The fourth-order valence-electron chi connectivity index (χ4n) is 5.57. The first-order valence-corrected chi connectivity index (χ1v) is 15.2. The summed E-state index contributed by atoms with van der Waals surface area (Å²) in [6.45, 7) is 0. The number of aromatic nitrogens is 2. The second kappa shape index (κ2) is 10.7. The lowest BCUT2D eigenvalue weighted by atomic mass is 9.96. The molecule has 0 N–H and O–H groups in total. The number of nitrogens with zero attached hydrogens (tertiary/aromatic N) is 2. The van der Waals surface area contributed by atoms with Crippen LogP contribution in [0.25, 0.3) is 97.7 Å². The van der Waals surface area contributed by atoms with Gasteiger partial charge >= 0.3 is 0 Å². The van der Waals surface area contributed by atoms with Gasteiger partial charge in [0.1, 0.15) is 23.1 Å².